The van der Waals surface area contributed by atoms with E-state index in [1.807, 2.05) is 0 Å². The molecule has 0 saturated carbocycles. The van der Waals surface area contributed by atoms with Crippen molar-refractivity contribution in [2.75, 3.05) is 5.32 Å². The number of halogens is 1. The smallest absolute Gasteiger partial charge is 0.201 e. The third-order valence-electron chi connectivity index (χ3n) is 2.55. The molecule has 1 aromatic carbocycles. The van der Waals surface area contributed by atoms with Gasteiger partial charge in [-0.2, -0.15) is 0 Å². The largest absolute Gasteiger partial charge is 0.353 e. The number of anilines is 1. The highest BCUT2D eigenvalue weighted by molar-refractivity contribution is 5.77. The molecule has 0 radical (unpaired) electrons. The maximum Gasteiger partial charge on any atom is 0.201 e. The fourth-order valence-electron chi connectivity index (χ4n) is 1.79. The number of nitrogens with zero attached hydrogens (tertiary/aromatic N) is 1. The monoisotopic (exact) mass is 221 g/mol. The lowest BCUT2D eigenvalue weighted by Crippen LogP contribution is -2.15. The molecular weight excluding hydrogens is 205 g/mol. The highest BCUT2D eigenvalue weighted by atomic mass is 19.1. The molecule has 1 aromatic heterocycles. The SMILES string of the molecule is CCCC(C)Nc1nc2ccc(F)cc2[nH]1. The second-order valence-corrected chi connectivity index (χ2v) is 4.08. The zero-order valence-corrected chi connectivity index (χ0v) is 9.55. The van der Waals surface area contributed by atoms with E-state index in [9.17, 15) is 4.39 Å². The van der Waals surface area contributed by atoms with Crippen molar-refractivity contribution in [1.29, 1.82) is 0 Å². The summed E-state index contributed by atoms with van der Waals surface area (Å²) in [5.41, 5.74) is 1.51. The molecule has 0 spiro atoms. The molecule has 0 bridgehead atoms. The third-order valence-corrected chi connectivity index (χ3v) is 2.55. The van der Waals surface area contributed by atoms with E-state index >= 15 is 0 Å². The van der Waals surface area contributed by atoms with Crippen LogP contribution in [0, 0.1) is 5.82 Å². The first-order valence-corrected chi connectivity index (χ1v) is 5.61. The van der Waals surface area contributed by atoms with Gasteiger partial charge in [-0.15, -0.1) is 0 Å². The number of fused-ring (bicyclic) bond motifs is 1. The number of rotatable bonds is 4. The van der Waals surface area contributed by atoms with E-state index in [1.54, 1.807) is 6.07 Å². The molecule has 3 nitrogen and oxygen atoms in total. The number of hydrogen-bond acceptors (Lipinski definition) is 2. The Morgan fingerprint density at radius 2 is 2.31 bits per heavy atom. The van der Waals surface area contributed by atoms with E-state index in [0.29, 0.717) is 12.0 Å². The van der Waals surface area contributed by atoms with Gasteiger partial charge in [-0.25, -0.2) is 9.37 Å². The van der Waals surface area contributed by atoms with Crippen molar-refractivity contribution in [2.24, 2.45) is 0 Å². The average Bonchev–Trinajstić information content (AvgIpc) is 2.59. The summed E-state index contributed by atoms with van der Waals surface area (Å²) in [4.78, 5) is 7.41. The van der Waals surface area contributed by atoms with Crippen molar-refractivity contribution in [1.82, 2.24) is 9.97 Å². The molecule has 0 fully saturated rings. The van der Waals surface area contributed by atoms with Gasteiger partial charge in [0.2, 0.25) is 5.95 Å². The van der Waals surface area contributed by atoms with Crippen molar-refractivity contribution in [3.05, 3.63) is 24.0 Å². The number of aromatic amines is 1. The molecule has 0 aliphatic heterocycles. The van der Waals surface area contributed by atoms with E-state index in [4.69, 9.17) is 0 Å². The molecule has 4 heteroatoms. The van der Waals surface area contributed by atoms with Crippen molar-refractivity contribution in [3.63, 3.8) is 0 Å². The second kappa shape index (κ2) is 4.51. The Balaban J connectivity index is 2.19. The summed E-state index contributed by atoms with van der Waals surface area (Å²) < 4.78 is 13.0. The van der Waals surface area contributed by atoms with E-state index < -0.39 is 0 Å². The molecule has 0 aliphatic rings. The number of hydrogen-bond donors (Lipinski definition) is 2. The maximum absolute atomic E-state index is 13.0. The van der Waals surface area contributed by atoms with Gasteiger partial charge in [0.15, 0.2) is 0 Å². The third kappa shape index (κ3) is 2.32. The minimum absolute atomic E-state index is 0.246. The van der Waals surface area contributed by atoms with Gasteiger partial charge in [0.1, 0.15) is 5.82 Å². The molecule has 86 valence electrons. The highest BCUT2D eigenvalue weighted by Crippen LogP contribution is 2.16. The van der Waals surface area contributed by atoms with Crippen LogP contribution in [-0.2, 0) is 0 Å². The van der Waals surface area contributed by atoms with Gasteiger partial charge in [-0.05, 0) is 31.5 Å². The topological polar surface area (TPSA) is 40.7 Å². The van der Waals surface area contributed by atoms with E-state index in [-0.39, 0.29) is 5.82 Å². The van der Waals surface area contributed by atoms with Crippen LogP contribution in [0.5, 0.6) is 0 Å². The summed E-state index contributed by atoms with van der Waals surface area (Å²) in [6, 6.07) is 4.92. The van der Waals surface area contributed by atoms with Gasteiger partial charge in [0.05, 0.1) is 11.0 Å². The molecule has 16 heavy (non-hydrogen) atoms. The molecule has 1 heterocycles. The summed E-state index contributed by atoms with van der Waals surface area (Å²) in [5.74, 6) is 0.464. The summed E-state index contributed by atoms with van der Waals surface area (Å²) in [7, 11) is 0. The molecule has 2 rings (SSSR count). The lowest BCUT2D eigenvalue weighted by Gasteiger charge is -2.10. The standard InChI is InChI=1S/C12H16FN3/c1-3-4-8(2)14-12-15-10-6-5-9(13)7-11(10)16-12/h5-8H,3-4H2,1-2H3,(H2,14,15,16). The maximum atomic E-state index is 13.0. The Labute approximate surface area is 94.1 Å². The molecule has 1 atom stereocenters. The quantitative estimate of drug-likeness (QED) is 0.831. The van der Waals surface area contributed by atoms with Crippen LogP contribution in [0.1, 0.15) is 26.7 Å². The zero-order chi connectivity index (χ0) is 11.5. The Morgan fingerprint density at radius 3 is 3.06 bits per heavy atom. The van der Waals surface area contributed by atoms with Gasteiger partial charge >= 0.3 is 0 Å². The average molecular weight is 221 g/mol. The first kappa shape index (κ1) is 10.9. The zero-order valence-electron chi connectivity index (χ0n) is 9.55. The summed E-state index contributed by atoms with van der Waals surface area (Å²) in [6.45, 7) is 4.25. The Bertz CT molecular complexity index is 478. The first-order valence-electron chi connectivity index (χ1n) is 5.61. The molecule has 0 aliphatic carbocycles. The number of aromatic nitrogens is 2. The predicted octanol–water partition coefficient (Wildman–Crippen LogP) is 3.30. The fraction of sp³-hybridized carbons (Fsp3) is 0.417. The Kier molecular flexibility index (Phi) is 3.08. The summed E-state index contributed by atoms with van der Waals surface area (Å²) in [5, 5.41) is 3.26. The van der Waals surface area contributed by atoms with Gasteiger partial charge in [-0.3, -0.25) is 0 Å². The molecule has 1 unspecified atom stereocenters. The molecule has 0 amide bonds. The van der Waals surface area contributed by atoms with Gasteiger partial charge in [0, 0.05) is 6.04 Å². The van der Waals surface area contributed by atoms with Crippen LogP contribution in [0.3, 0.4) is 0 Å². The number of imidazole rings is 1. The Hall–Kier alpha value is -1.58. The number of benzene rings is 1. The van der Waals surface area contributed by atoms with Crippen LogP contribution in [0.15, 0.2) is 18.2 Å². The van der Waals surface area contributed by atoms with Crippen molar-refractivity contribution < 1.29 is 4.39 Å². The summed E-state index contributed by atoms with van der Waals surface area (Å²) in [6.07, 6.45) is 2.22. The van der Waals surface area contributed by atoms with Crippen molar-refractivity contribution in [3.8, 4) is 0 Å². The minimum atomic E-state index is -0.246. The lowest BCUT2D eigenvalue weighted by atomic mass is 10.2. The van der Waals surface area contributed by atoms with Crippen LogP contribution in [-0.4, -0.2) is 16.0 Å². The Morgan fingerprint density at radius 1 is 1.50 bits per heavy atom. The van der Waals surface area contributed by atoms with E-state index in [1.165, 1.54) is 12.1 Å². The highest BCUT2D eigenvalue weighted by Gasteiger charge is 2.06. The van der Waals surface area contributed by atoms with Crippen molar-refractivity contribution in [2.45, 2.75) is 32.7 Å². The van der Waals surface area contributed by atoms with E-state index in [2.05, 4.69) is 29.1 Å². The first-order chi connectivity index (χ1) is 7.69. The second-order valence-electron chi connectivity index (χ2n) is 4.08. The molecular formula is C12H16FN3. The lowest BCUT2D eigenvalue weighted by molar-refractivity contribution is 0.629. The van der Waals surface area contributed by atoms with E-state index in [0.717, 1.165) is 23.9 Å². The van der Waals surface area contributed by atoms with Gasteiger partial charge in [-0.1, -0.05) is 13.3 Å². The molecule has 0 saturated heterocycles. The van der Waals surface area contributed by atoms with Gasteiger partial charge < -0.3 is 10.3 Å². The fourth-order valence-corrected chi connectivity index (χ4v) is 1.79. The van der Waals surface area contributed by atoms with Crippen molar-refractivity contribution >= 4 is 17.0 Å². The van der Waals surface area contributed by atoms with Crippen LogP contribution in [0.25, 0.3) is 11.0 Å². The summed E-state index contributed by atoms with van der Waals surface area (Å²) >= 11 is 0. The normalized spacial score (nSPS) is 12.9. The van der Waals surface area contributed by atoms with Crippen LogP contribution < -0.4 is 5.32 Å². The minimum Gasteiger partial charge on any atom is -0.353 e. The molecule has 2 aromatic rings. The van der Waals surface area contributed by atoms with Crippen LogP contribution >= 0.6 is 0 Å². The van der Waals surface area contributed by atoms with Gasteiger partial charge in [0.25, 0.3) is 0 Å². The number of nitrogens with one attached hydrogen (secondary N) is 2. The number of H-pyrrole nitrogens is 1. The molecule has 2 N–H and O–H groups in total. The van der Waals surface area contributed by atoms with Crippen LogP contribution in [0.4, 0.5) is 10.3 Å². The predicted molar refractivity (Wildman–Crippen MR) is 64.0 cm³/mol. The van der Waals surface area contributed by atoms with Crippen LogP contribution in [0.2, 0.25) is 0 Å².